The molecule has 0 amide bonds. The van der Waals surface area contributed by atoms with Gasteiger partial charge in [-0.2, -0.15) is 0 Å². The van der Waals surface area contributed by atoms with E-state index in [2.05, 4.69) is 11.9 Å². The maximum absolute atomic E-state index is 10.7. The maximum atomic E-state index is 10.7. The third-order valence-electron chi connectivity index (χ3n) is 3.54. The topological polar surface area (TPSA) is 39.2 Å². The van der Waals surface area contributed by atoms with E-state index >= 15 is 0 Å². The number of carbonyl (C=O) groups is 1. The van der Waals surface area contributed by atoms with Crippen molar-refractivity contribution in [2.75, 3.05) is 6.61 Å². The molecular formula is C13H19NO2S. The Morgan fingerprint density at radius 3 is 2.82 bits per heavy atom. The summed E-state index contributed by atoms with van der Waals surface area (Å²) < 4.78 is 5.99. The quantitative estimate of drug-likeness (QED) is 0.772. The van der Waals surface area contributed by atoms with Gasteiger partial charge in [0.05, 0.1) is 0 Å². The van der Waals surface area contributed by atoms with Gasteiger partial charge in [-0.25, -0.2) is 4.98 Å². The maximum Gasteiger partial charge on any atom is 0.169 e. The fraction of sp³-hybridized carbons (Fsp3) is 0.692. The molecule has 1 fully saturated rings. The molecule has 94 valence electrons. The monoisotopic (exact) mass is 253 g/mol. The molecule has 1 aliphatic rings. The Bertz CT molecular complexity index is 381. The molecule has 1 aliphatic carbocycles. The molecule has 2 rings (SSSR count). The van der Waals surface area contributed by atoms with Crippen molar-refractivity contribution in [3.8, 4) is 0 Å². The molecule has 17 heavy (non-hydrogen) atoms. The molecule has 1 saturated carbocycles. The van der Waals surface area contributed by atoms with E-state index in [1.807, 2.05) is 12.3 Å². The van der Waals surface area contributed by atoms with E-state index in [1.165, 1.54) is 12.8 Å². The standard InChI is InChI=1S/C13H19NO2S/c1-3-16-13(6-4-10(2)5-7-13)12-14-11(8-15)9-17-12/h8-10H,3-7H2,1-2H3. The summed E-state index contributed by atoms with van der Waals surface area (Å²) in [6, 6.07) is 0. The van der Waals surface area contributed by atoms with Gasteiger partial charge in [0.1, 0.15) is 16.3 Å². The second-order valence-electron chi connectivity index (χ2n) is 4.81. The molecule has 0 unspecified atom stereocenters. The zero-order valence-corrected chi connectivity index (χ0v) is 11.3. The Morgan fingerprint density at radius 1 is 1.59 bits per heavy atom. The van der Waals surface area contributed by atoms with Crippen molar-refractivity contribution in [2.24, 2.45) is 5.92 Å². The normalized spacial score (nSPS) is 29.2. The van der Waals surface area contributed by atoms with Gasteiger partial charge in [-0.1, -0.05) is 6.92 Å². The second kappa shape index (κ2) is 5.27. The molecule has 0 N–H and O–H groups in total. The van der Waals surface area contributed by atoms with Gasteiger partial charge in [-0.15, -0.1) is 11.3 Å². The first-order chi connectivity index (χ1) is 8.20. The average Bonchev–Trinajstić information content (AvgIpc) is 2.82. The summed E-state index contributed by atoms with van der Waals surface area (Å²) in [6.45, 7) is 5.01. The predicted octanol–water partition coefficient (Wildman–Crippen LogP) is 3.40. The zero-order valence-electron chi connectivity index (χ0n) is 10.4. The van der Waals surface area contributed by atoms with Gasteiger partial charge in [0.2, 0.25) is 0 Å². The summed E-state index contributed by atoms with van der Waals surface area (Å²) in [5, 5.41) is 2.80. The lowest BCUT2D eigenvalue weighted by Gasteiger charge is -2.37. The van der Waals surface area contributed by atoms with Gasteiger partial charge in [-0.05, 0) is 38.5 Å². The fourth-order valence-electron chi connectivity index (χ4n) is 2.47. The van der Waals surface area contributed by atoms with Crippen molar-refractivity contribution in [1.82, 2.24) is 4.98 Å². The van der Waals surface area contributed by atoms with Gasteiger partial charge in [0.25, 0.3) is 0 Å². The van der Waals surface area contributed by atoms with Gasteiger partial charge in [0.15, 0.2) is 6.29 Å². The smallest absolute Gasteiger partial charge is 0.169 e. The van der Waals surface area contributed by atoms with Crippen molar-refractivity contribution >= 4 is 17.6 Å². The van der Waals surface area contributed by atoms with E-state index in [-0.39, 0.29) is 5.60 Å². The van der Waals surface area contributed by atoms with Crippen LogP contribution in [-0.4, -0.2) is 17.9 Å². The highest BCUT2D eigenvalue weighted by Gasteiger charge is 2.39. The number of aromatic nitrogens is 1. The molecule has 0 radical (unpaired) electrons. The van der Waals surface area contributed by atoms with Crippen LogP contribution < -0.4 is 0 Å². The minimum Gasteiger partial charge on any atom is -0.368 e. The number of hydrogen-bond donors (Lipinski definition) is 0. The van der Waals surface area contributed by atoms with Crippen LogP contribution in [0.3, 0.4) is 0 Å². The van der Waals surface area contributed by atoms with Crippen LogP contribution in [0.1, 0.15) is 55.0 Å². The van der Waals surface area contributed by atoms with Crippen molar-refractivity contribution in [3.63, 3.8) is 0 Å². The van der Waals surface area contributed by atoms with Gasteiger partial charge in [-0.3, -0.25) is 4.79 Å². The third-order valence-corrected chi connectivity index (χ3v) is 4.58. The molecule has 0 aromatic carbocycles. The molecule has 0 aliphatic heterocycles. The summed E-state index contributed by atoms with van der Waals surface area (Å²) in [5.41, 5.74) is 0.301. The van der Waals surface area contributed by atoms with Crippen molar-refractivity contribution in [2.45, 2.75) is 45.1 Å². The highest BCUT2D eigenvalue weighted by molar-refractivity contribution is 7.10. The van der Waals surface area contributed by atoms with Crippen LogP contribution in [0.2, 0.25) is 0 Å². The minimum absolute atomic E-state index is 0.229. The highest BCUT2D eigenvalue weighted by Crippen LogP contribution is 2.43. The van der Waals surface area contributed by atoms with E-state index < -0.39 is 0 Å². The first-order valence-corrected chi connectivity index (χ1v) is 7.13. The molecule has 0 bridgehead atoms. The Balaban J connectivity index is 2.24. The number of hydrogen-bond acceptors (Lipinski definition) is 4. The molecule has 4 heteroatoms. The first-order valence-electron chi connectivity index (χ1n) is 6.25. The fourth-order valence-corrected chi connectivity index (χ4v) is 3.45. The van der Waals surface area contributed by atoms with Gasteiger partial charge in [0, 0.05) is 12.0 Å². The van der Waals surface area contributed by atoms with Crippen LogP contribution in [0.4, 0.5) is 0 Å². The molecule has 1 heterocycles. The van der Waals surface area contributed by atoms with E-state index in [0.717, 1.165) is 30.1 Å². The number of carbonyl (C=O) groups excluding carboxylic acids is 1. The SMILES string of the molecule is CCOC1(c2nc(C=O)cs2)CCC(C)CC1. The average molecular weight is 253 g/mol. The van der Waals surface area contributed by atoms with Gasteiger partial charge < -0.3 is 4.74 Å². The minimum atomic E-state index is -0.229. The summed E-state index contributed by atoms with van der Waals surface area (Å²) in [6.07, 6.45) is 5.21. The molecule has 0 spiro atoms. The first kappa shape index (κ1) is 12.7. The van der Waals surface area contributed by atoms with Crippen LogP contribution in [-0.2, 0) is 10.3 Å². The lowest BCUT2D eigenvalue weighted by atomic mass is 9.79. The molecule has 1 aromatic rings. The summed E-state index contributed by atoms with van der Waals surface area (Å²) in [7, 11) is 0. The molecule has 0 atom stereocenters. The van der Waals surface area contributed by atoms with Crippen LogP contribution in [0.5, 0.6) is 0 Å². The molecule has 1 aromatic heterocycles. The molecule has 0 saturated heterocycles. The van der Waals surface area contributed by atoms with Crippen LogP contribution >= 0.6 is 11.3 Å². The highest BCUT2D eigenvalue weighted by atomic mass is 32.1. The van der Waals surface area contributed by atoms with Crippen molar-refractivity contribution in [1.29, 1.82) is 0 Å². The van der Waals surface area contributed by atoms with Crippen LogP contribution in [0, 0.1) is 5.92 Å². The predicted molar refractivity (Wildman–Crippen MR) is 68.4 cm³/mol. The van der Waals surface area contributed by atoms with E-state index in [1.54, 1.807) is 11.3 Å². The lowest BCUT2D eigenvalue weighted by Crippen LogP contribution is -2.34. The Labute approximate surface area is 106 Å². The van der Waals surface area contributed by atoms with E-state index in [4.69, 9.17) is 4.74 Å². The van der Waals surface area contributed by atoms with E-state index in [0.29, 0.717) is 12.3 Å². The summed E-state index contributed by atoms with van der Waals surface area (Å²) >= 11 is 1.55. The number of rotatable bonds is 4. The third kappa shape index (κ3) is 2.58. The number of nitrogens with zero attached hydrogens (tertiary/aromatic N) is 1. The van der Waals surface area contributed by atoms with Crippen molar-refractivity contribution in [3.05, 3.63) is 16.1 Å². The second-order valence-corrected chi connectivity index (χ2v) is 5.66. The van der Waals surface area contributed by atoms with Crippen molar-refractivity contribution < 1.29 is 9.53 Å². The molecule has 3 nitrogen and oxygen atoms in total. The molecular weight excluding hydrogens is 234 g/mol. The Kier molecular flexibility index (Phi) is 3.94. The zero-order chi connectivity index (χ0) is 12.3. The lowest BCUT2D eigenvalue weighted by molar-refractivity contribution is -0.0776. The number of thiazole rings is 1. The van der Waals surface area contributed by atoms with Gasteiger partial charge >= 0.3 is 0 Å². The number of ether oxygens (including phenoxy) is 1. The summed E-state index contributed by atoms with van der Waals surface area (Å²) in [4.78, 5) is 15.1. The van der Waals surface area contributed by atoms with Crippen LogP contribution in [0.15, 0.2) is 5.38 Å². The Morgan fingerprint density at radius 2 is 2.29 bits per heavy atom. The van der Waals surface area contributed by atoms with E-state index in [9.17, 15) is 4.79 Å². The number of aldehydes is 1. The Hall–Kier alpha value is -0.740. The summed E-state index contributed by atoms with van der Waals surface area (Å²) in [5.74, 6) is 0.772. The largest absolute Gasteiger partial charge is 0.368 e. The van der Waals surface area contributed by atoms with Crippen LogP contribution in [0.25, 0.3) is 0 Å².